The summed E-state index contributed by atoms with van der Waals surface area (Å²) in [4.78, 5) is 24.4. The van der Waals surface area contributed by atoms with Crippen molar-refractivity contribution in [2.45, 2.75) is 5.41 Å². The summed E-state index contributed by atoms with van der Waals surface area (Å²) in [5.41, 5.74) is 16.2. The third kappa shape index (κ3) is 5.35. The molecule has 57 heavy (non-hydrogen) atoms. The van der Waals surface area contributed by atoms with Gasteiger partial charge in [-0.25, -0.2) is 15.0 Å². The molecule has 6 aromatic carbocycles. The first-order valence-corrected chi connectivity index (χ1v) is 19.1. The van der Waals surface area contributed by atoms with E-state index in [4.69, 9.17) is 15.0 Å². The maximum absolute atomic E-state index is 5.27. The fourth-order valence-corrected chi connectivity index (χ4v) is 8.80. The summed E-state index contributed by atoms with van der Waals surface area (Å²) in [6.45, 7) is 0. The number of fused-ring (bicyclic) bond motifs is 9. The summed E-state index contributed by atoms with van der Waals surface area (Å²) in [7, 11) is 0. The normalized spacial score (nSPS) is 13.0. The Kier molecular flexibility index (Phi) is 7.64. The Morgan fingerprint density at radius 2 is 0.772 bits per heavy atom. The van der Waals surface area contributed by atoms with Crippen molar-refractivity contribution in [1.82, 2.24) is 24.9 Å². The Labute approximate surface area is 330 Å². The van der Waals surface area contributed by atoms with Gasteiger partial charge in [0.25, 0.3) is 0 Å². The van der Waals surface area contributed by atoms with Crippen LogP contribution in [0.4, 0.5) is 0 Å². The lowest BCUT2D eigenvalue weighted by Gasteiger charge is -2.35. The molecule has 0 bridgehead atoms. The Hall–Kier alpha value is -7.63. The van der Waals surface area contributed by atoms with E-state index in [2.05, 4.69) is 174 Å². The zero-order valence-corrected chi connectivity index (χ0v) is 30.8. The summed E-state index contributed by atoms with van der Waals surface area (Å²) < 4.78 is 0. The molecule has 9 aromatic rings. The summed E-state index contributed by atoms with van der Waals surface area (Å²) in [5.74, 6) is 1.80. The van der Waals surface area contributed by atoms with Crippen LogP contribution in [-0.4, -0.2) is 24.9 Å². The molecule has 3 aromatic heterocycles. The van der Waals surface area contributed by atoms with Gasteiger partial charge in [-0.2, -0.15) is 0 Å². The van der Waals surface area contributed by atoms with E-state index in [0.29, 0.717) is 17.5 Å². The molecular weight excluding hydrogens is 695 g/mol. The molecule has 0 N–H and O–H groups in total. The average Bonchev–Trinajstić information content (AvgIpc) is 3.50. The topological polar surface area (TPSA) is 64.5 Å². The number of aromatic nitrogens is 5. The monoisotopic (exact) mass is 727 g/mol. The highest BCUT2D eigenvalue weighted by Crippen LogP contribution is 2.58. The van der Waals surface area contributed by atoms with Crippen LogP contribution in [0.3, 0.4) is 0 Å². The molecule has 5 nitrogen and oxygen atoms in total. The van der Waals surface area contributed by atoms with Gasteiger partial charge in [-0.3, -0.25) is 9.97 Å². The van der Waals surface area contributed by atoms with Crippen molar-refractivity contribution in [3.63, 3.8) is 0 Å². The van der Waals surface area contributed by atoms with Crippen LogP contribution in [0.5, 0.6) is 0 Å². The van der Waals surface area contributed by atoms with E-state index in [9.17, 15) is 0 Å². The van der Waals surface area contributed by atoms with E-state index < -0.39 is 5.41 Å². The van der Waals surface area contributed by atoms with E-state index >= 15 is 0 Å². The molecule has 0 unspecified atom stereocenters. The number of pyridine rings is 2. The first-order chi connectivity index (χ1) is 28.2. The zero-order chi connectivity index (χ0) is 37.8. The summed E-state index contributed by atoms with van der Waals surface area (Å²) >= 11 is 0. The highest BCUT2D eigenvalue weighted by atomic mass is 15.0. The van der Waals surface area contributed by atoms with Crippen LogP contribution in [0.15, 0.2) is 189 Å². The van der Waals surface area contributed by atoms with Crippen molar-refractivity contribution in [3.8, 4) is 67.5 Å². The van der Waals surface area contributed by atoms with Crippen LogP contribution >= 0.6 is 0 Å². The maximum atomic E-state index is 5.27. The lowest BCUT2D eigenvalue weighted by atomic mass is 9.66. The Balaban J connectivity index is 1.15. The highest BCUT2D eigenvalue weighted by molar-refractivity contribution is 5.92. The van der Waals surface area contributed by atoms with Gasteiger partial charge in [0.2, 0.25) is 0 Å². The number of rotatable bonds is 5. The quantitative estimate of drug-likeness (QED) is 0.177. The smallest absolute Gasteiger partial charge is 0.164 e. The zero-order valence-electron chi connectivity index (χ0n) is 30.8. The summed E-state index contributed by atoms with van der Waals surface area (Å²) in [6, 6.07) is 58.0. The second-order valence-electron chi connectivity index (χ2n) is 14.5. The third-order valence-electron chi connectivity index (χ3n) is 11.3. The van der Waals surface area contributed by atoms with E-state index in [1.165, 1.54) is 38.9 Å². The Morgan fingerprint density at radius 3 is 1.32 bits per heavy atom. The Bertz CT molecular complexity index is 2880. The molecule has 266 valence electrons. The number of hydrogen-bond acceptors (Lipinski definition) is 5. The highest BCUT2D eigenvalue weighted by Gasteiger charge is 2.48. The number of benzene rings is 6. The summed E-state index contributed by atoms with van der Waals surface area (Å²) in [5, 5.41) is 0. The van der Waals surface area contributed by atoms with Crippen LogP contribution in [0.25, 0.3) is 79.7 Å². The first-order valence-electron chi connectivity index (χ1n) is 19.1. The average molecular weight is 728 g/mol. The third-order valence-corrected chi connectivity index (χ3v) is 11.3. The maximum Gasteiger partial charge on any atom is 0.164 e. The lowest BCUT2D eigenvalue weighted by molar-refractivity contribution is 0.766. The van der Waals surface area contributed by atoms with Crippen molar-refractivity contribution >= 4 is 12.2 Å². The molecule has 0 radical (unpaired) electrons. The van der Waals surface area contributed by atoms with Crippen molar-refractivity contribution in [2.24, 2.45) is 0 Å². The van der Waals surface area contributed by atoms with E-state index in [0.717, 1.165) is 44.5 Å². The molecule has 5 heteroatoms. The minimum absolute atomic E-state index is 0.562. The van der Waals surface area contributed by atoms with Crippen LogP contribution in [0, 0.1) is 0 Å². The van der Waals surface area contributed by atoms with Gasteiger partial charge in [0.1, 0.15) is 0 Å². The molecule has 0 atom stereocenters. The predicted octanol–water partition coefficient (Wildman–Crippen LogP) is 11.8. The fourth-order valence-electron chi connectivity index (χ4n) is 8.80. The van der Waals surface area contributed by atoms with Crippen molar-refractivity contribution < 1.29 is 0 Å². The van der Waals surface area contributed by atoms with Crippen molar-refractivity contribution in [1.29, 1.82) is 0 Å². The molecule has 1 spiro atoms. The summed E-state index contributed by atoms with van der Waals surface area (Å²) in [6.07, 6.45) is 11.9. The van der Waals surface area contributed by atoms with Crippen LogP contribution in [-0.2, 0) is 5.41 Å². The molecule has 2 aliphatic rings. The van der Waals surface area contributed by atoms with Crippen LogP contribution < -0.4 is 0 Å². The molecule has 0 saturated heterocycles. The molecule has 0 saturated carbocycles. The van der Waals surface area contributed by atoms with Crippen molar-refractivity contribution in [3.05, 3.63) is 222 Å². The largest absolute Gasteiger partial charge is 0.264 e. The van der Waals surface area contributed by atoms with E-state index in [-0.39, 0.29) is 0 Å². The van der Waals surface area contributed by atoms with Crippen molar-refractivity contribution in [2.75, 3.05) is 0 Å². The number of hydrogen-bond donors (Lipinski definition) is 0. The first kappa shape index (κ1) is 32.8. The number of nitrogens with zero attached hydrogens (tertiary/aromatic N) is 5. The van der Waals surface area contributed by atoms with Gasteiger partial charge in [0.05, 0.1) is 5.41 Å². The van der Waals surface area contributed by atoms with Gasteiger partial charge in [-0.05, 0) is 86.0 Å². The second-order valence-corrected chi connectivity index (χ2v) is 14.5. The molecule has 0 aliphatic heterocycles. The molecular formula is C52H33N5. The van der Waals surface area contributed by atoms with Gasteiger partial charge in [-0.15, -0.1) is 0 Å². The lowest BCUT2D eigenvalue weighted by Crippen LogP contribution is -2.30. The molecule has 3 heterocycles. The van der Waals surface area contributed by atoms with E-state index in [1.54, 1.807) is 12.4 Å². The Morgan fingerprint density at radius 1 is 0.316 bits per heavy atom. The van der Waals surface area contributed by atoms with Gasteiger partial charge < -0.3 is 0 Å². The SMILES string of the molecule is C1=Cc2ccc(-c3nc(-c4cccc(-c5cccnc5)c4)nc(-c4cccc(-c5cccnc5)c4)n3)cc2C2(c3ccccc31)c1ccccc1-c1ccccc12. The molecule has 11 rings (SSSR count). The van der Waals surface area contributed by atoms with Gasteiger partial charge >= 0.3 is 0 Å². The minimum Gasteiger partial charge on any atom is -0.264 e. The second kappa shape index (κ2) is 13.3. The van der Waals surface area contributed by atoms with Crippen LogP contribution in [0.1, 0.15) is 33.4 Å². The molecule has 0 fully saturated rings. The molecule has 2 aliphatic carbocycles. The standard InChI is InChI=1S/C52H33N5/c1-4-20-45-34(11-1)23-24-35-25-26-40(31-48(35)52(45)46-21-5-2-18-43(46)44-19-3-6-22-47(44)52)51-56-49(38-14-7-12-36(29-38)41-16-9-27-53-32-41)55-50(57-51)39-15-8-13-37(30-39)42-17-10-28-54-33-42/h1-33H. The van der Waals surface area contributed by atoms with Gasteiger partial charge in [0, 0.05) is 52.6 Å². The van der Waals surface area contributed by atoms with Crippen LogP contribution in [0.2, 0.25) is 0 Å². The predicted molar refractivity (Wildman–Crippen MR) is 229 cm³/mol. The molecule has 0 amide bonds. The van der Waals surface area contributed by atoms with Gasteiger partial charge in [-0.1, -0.05) is 146 Å². The minimum atomic E-state index is -0.562. The van der Waals surface area contributed by atoms with E-state index in [1.807, 2.05) is 24.5 Å². The van der Waals surface area contributed by atoms with Gasteiger partial charge in [0.15, 0.2) is 17.5 Å². The fraction of sp³-hybridized carbons (Fsp3) is 0.0192.